The molecule has 0 amide bonds. The van der Waals surface area contributed by atoms with E-state index in [1.807, 2.05) is 6.92 Å². The first-order valence-corrected chi connectivity index (χ1v) is 11.1. The molecule has 0 heterocycles. The number of rotatable bonds is 2. The highest BCUT2D eigenvalue weighted by atomic mass is 127. The highest BCUT2D eigenvalue weighted by Crippen LogP contribution is 2.67. The molecule has 0 aromatic heterocycles. The Morgan fingerprint density at radius 1 is 1.30 bits per heavy atom. The number of alkyl halides is 1. The van der Waals surface area contributed by atoms with Gasteiger partial charge in [0.15, 0.2) is 11.6 Å². The Balaban J connectivity index is 1.77. The van der Waals surface area contributed by atoms with Crippen LogP contribution in [0.5, 0.6) is 0 Å². The fourth-order valence-corrected chi connectivity index (χ4v) is 8.20. The minimum atomic E-state index is -1.61. The molecule has 3 saturated carbocycles. The van der Waals surface area contributed by atoms with E-state index in [-0.39, 0.29) is 45.1 Å². The SMILES string of the molecule is C[C@]12CC(=O)[C@H]3[C@@H](CCC4=CC(=O)CC(I)[C@@]43C)[C@@H]1CC[C@]2(O)C(=O)CO. The van der Waals surface area contributed by atoms with E-state index >= 15 is 0 Å². The van der Waals surface area contributed by atoms with Crippen molar-refractivity contribution < 1.29 is 24.6 Å². The van der Waals surface area contributed by atoms with E-state index in [0.29, 0.717) is 19.3 Å². The molecule has 7 atom stereocenters. The van der Waals surface area contributed by atoms with E-state index in [2.05, 4.69) is 29.5 Å². The van der Waals surface area contributed by atoms with Crippen molar-refractivity contribution in [3.8, 4) is 0 Å². The van der Waals surface area contributed by atoms with Gasteiger partial charge in [0.2, 0.25) is 0 Å². The molecule has 27 heavy (non-hydrogen) atoms. The number of carbonyl (C=O) groups excluding carboxylic acids is 3. The molecular formula is C21H27IO5. The normalized spacial score (nSPS) is 49.1. The molecule has 148 valence electrons. The summed E-state index contributed by atoms with van der Waals surface area (Å²) in [6, 6.07) is 0. The van der Waals surface area contributed by atoms with Crippen molar-refractivity contribution in [3.63, 3.8) is 0 Å². The molecular weight excluding hydrogens is 459 g/mol. The number of Topliss-reactive ketones (excluding diaryl/α,β-unsaturated/α-hetero) is 2. The number of aliphatic hydroxyl groups excluding tert-OH is 1. The third-order valence-electron chi connectivity index (χ3n) is 8.47. The molecule has 4 rings (SSSR count). The van der Waals surface area contributed by atoms with Crippen LogP contribution >= 0.6 is 22.6 Å². The highest BCUT2D eigenvalue weighted by Gasteiger charge is 2.69. The van der Waals surface area contributed by atoms with Crippen LogP contribution in [0.2, 0.25) is 0 Å². The first kappa shape index (κ1) is 19.7. The van der Waals surface area contributed by atoms with Gasteiger partial charge in [-0.15, -0.1) is 0 Å². The maximum Gasteiger partial charge on any atom is 0.190 e. The summed E-state index contributed by atoms with van der Waals surface area (Å²) in [5.74, 6) is -0.260. The Kier molecular flexibility index (Phi) is 4.52. The maximum absolute atomic E-state index is 13.5. The number of hydrogen-bond donors (Lipinski definition) is 2. The van der Waals surface area contributed by atoms with Gasteiger partial charge in [-0.3, -0.25) is 14.4 Å². The molecule has 0 aromatic rings. The zero-order chi connectivity index (χ0) is 19.8. The van der Waals surface area contributed by atoms with Crippen molar-refractivity contribution in [1.82, 2.24) is 0 Å². The molecule has 0 aromatic carbocycles. The van der Waals surface area contributed by atoms with Crippen molar-refractivity contribution in [2.45, 2.75) is 61.9 Å². The second-order valence-corrected chi connectivity index (χ2v) is 10.9. The van der Waals surface area contributed by atoms with Gasteiger partial charge >= 0.3 is 0 Å². The predicted molar refractivity (Wildman–Crippen MR) is 107 cm³/mol. The van der Waals surface area contributed by atoms with Crippen molar-refractivity contribution in [1.29, 1.82) is 0 Å². The summed E-state index contributed by atoms with van der Waals surface area (Å²) in [4.78, 5) is 37.9. The van der Waals surface area contributed by atoms with Crippen molar-refractivity contribution in [2.24, 2.45) is 28.6 Å². The van der Waals surface area contributed by atoms with Crippen LogP contribution in [-0.2, 0) is 14.4 Å². The van der Waals surface area contributed by atoms with E-state index in [1.165, 1.54) is 0 Å². The lowest BCUT2D eigenvalue weighted by Crippen LogP contribution is -2.62. The van der Waals surface area contributed by atoms with Gasteiger partial charge in [0.1, 0.15) is 18.0 Å². The van der Waals surface area contributed by atoms with Gasteiger partial charge < -0.3 is 10.2 Å². The Bertz CT molecular complexity index is 760. The van der Waals surface area contributed by atoms with Crippen molar-refractivity contribution in [3.05, 3.63) is 11.6 Å². The molecule has 0 aliphatic heterocycles. The summed E-state index contributed by atoms with van der Waals surface area (Å²) in [6.07, 6.45) is 5.04. The fourth-order valence-electron chi connectivity index (χ4n) is 6.97. The third-order valence-corrected chi connectivity index (χ3v) is 10.2. The quantitative estimate of drug-likeness (QED) is 0.462. The summed E-state index contributed by atoms with van der Waals surface area (Å²) >= 11 is 2.34. The number of fused-ring (bicyclic) bond motifs is 5. The van der Waals surface area contributed by atoms with Gasteiger partial charge in [-0.25, -0.2) is 0 Å². The summed E-state index contributed by atoms with van der Waals surface area (Å²) < 4.78 is 0.0862. The van der Waals surface area contributed by atoms with Crippen LogP contribution < -0.4 is 0 Å². The summed E-state index contributed by atoms with van der Waals surface area (Å²) in [7, 11) is 0. The predicted octanol–water partition coefficient (Wildman–Crippen LogP) is 2.40. The first-order chi connectivity index (χ1) is 12.6. The van der Waals surface area contributed by atoms with Crippen LogP contribution in [0.1, 0.15) is 52.4 Å². The lowest BCUT2D eigenvalue weighted by atomic mass is 9.46. The first-order valence-electron chi connectivity index (χ1n) is 9.87. The smallest absolute Gasteiger partial charge is 0.190 e. The van der Waals surface area contributed by atoms with E-state index in [0.717, 1.165) is 18.4 Å². The molecule has 0 radical (unpaired) electrons. The summed E-state index contributed by atoms with van der Waals surface area (Å²) in [6.45, 7) is 3.31. The lowest BCUT2D eigenvalue weighted by molar-refractivity contribution is -0.170. The number of hydrogen-bond acceptors (Lipinski definition) is 5. The van der Waals surface area contributed by atoms with Gasteiger partial charge in [0, 0.05) is 33.5 Å². The third kappa shape index (κ3) is 2.38. The zero-order valence-electron chi connectivity index (χ0n) is 15.8. The Morgan fingerprint density at radius 2 is 2.00 bits per heavy atom. The minimum absolute atomic E-state index is 0.0836. The Morgan fingerprint density at radius 3 is 2.67 bits per heavy atom. The zero-order valence-corrected chi connectivity index (χ0v) is 18.0. The largest absolute Gasteiger partial charge is 0.388 e. The number of halogens is 1. The van der Waals surface area contributed by atoms with Gasteiger partial charge in [-0.1, -0.05) is 42.0 Å². The van der Waals surface area contributed by atoms with Gasteiger partial charge in [-0.2, -0.15) is 0 Å². The van der Waals surface area contributed by atoms with Crippen LogP contribution in [0.3, 0.4) is 0 Å². The average molecular weight is 486 g/mol. The highest BCUT2D eigenvalue weighted by molar-refractivity contribution is 14.1. The number of carbonyl (C=O) groups is 3. The molecule has 4 aliphatic rings. The van der Waals surface area contributed by atoms with E-state index in [1.54, 1.807) is 6.08 Å². The van der Waals surface area contributed by atoms with Crippen LogP contribution in [0.15, 0.2) is 11.6 Å². The van der Waals surface area contributed by atoms with Gasteiger partial charge in [0.05, 0.1) is 0 Å². The molecule has 0 bridgehead atoms. The standard InChI is InChI=1S/C21H27IO5/c1-19-9-15(25)18-13(14(19)5-6-21(19,27)17(26)10-23)4-3-11-7-12(24)8-16(22)20(11,18)2/h7,13-14,16,18,23,27H,3-6,8-10H2,1-2H3/t13-,14-,16?,18+,19-,20+,21-/m0/s1. The number of ketones is 3. The lowest BCUT2D eigenvalue weighted by Gasteiger charge is -2.58. The monoisotopic (exact) mass is 486 g/mol. The summed E-state index contributed by atoms with van der Waals surface area (Å²) in [5.41, 5.74) is -1.64. The number of aliphatic hydroxyl groups is 2. The molecule has 5 nitrogen and oxygen atoms in total. The summed E-state index contributed by atoms with van der Waals surface area (Å²) in [5, 5.41) is 20.6. The van der Waals surface area contributed by atoms with E-state index in [4.69, 9.17) is 0 Å². The fraction of sp³-hybridized carbons (Fsp3) is 0.762. The van der Waals surface area contributed by atoms with Crippen LogP contribution in [0, 0.1) is 28.6 Å². The van der Waals surface area contributed by atoms with Crippen molar-refractivity contribution >= 4 is 39.9 Å². The van der Waals surface area contributed by atoms with Gasteiger partial charge in [-0.05, 0) is 43.6 Å². The van der Waals surface area contributed by atoms with Crippen LogP contribution in [0.4, 0.5) is 0 Å². The topological polar surface area (TPSA) is 91.7 Å². The van der Waals surface area contributed by atoms with Gasteiger partial charge in [0.25, 0.3) is 0 Å². The molecule has 3 fully saturated rings. The van der Waals surface area contributed by atoms with Crippen LogP contribution in [-0.4, -0.2) is 43.7 Å². The molecule has 0 saturated heterocycles. The van der Waals surface area contributed by atoms with E-state index in [9.17, 15) is 24.6 Å². The molecule has 6 heteroatoms. The second-order valence-electron chi connectivity index (χ2n) is 9.42. The number of allylic oxidation sites excluding steroid dienone is 1. The molecule has 4 aliphatic carbocycles. The van der Waals surface area contributed by atoms with Crippen LogP contribution in [0.25, 0.3) is 0 Å². The molecule has 1 unspecified atom stereocenters. The minimum Gasteiger partial charge on any atom is -0.388 e. The average Bonchev–Trinajstić information content (AvgIpc) is 2.87. The van der Waals surface area contributed by atoms with E-state index < -0.39 is 23.4 Å². The Hall–Kier alpha value is -0.600. The second kappa shape index (κ2) is 6.20. The molecule has 0 spiro atoms. The maximum atomic E-state index is 13.5. The molecule has 2 N–H and O–H groups in total. The Labute approximate surface area is 173 Å². The van der Waals surface area contributed by atoms with Crippen molar-refractivity contribution in [2.75, 3.05) is 6.61 Å².